The fraction of sp³-hybridized carbons (Fsp3) is 0.758. The summed E-state index contributed by atoms with van der Waals surface area (Å²) in [6.07, 6.45) is 21.6. The van der Waals surface area contributed by atoms with Crippen LogP contribution in [-0.2, 0) is 4.43 Å². The lowest BCUT2D eigenvalue weighted by Crippen LogP contribution is -2.44. The van der Waals surface area contributed by atoms with Crippen LogP contribution in [0, 0.1) is 29.1 Å². The first kappa shape index (κ1) is 28.1. The Morgan fingerprint density at radius 3 is 2.44 bits per heavy atom. The lowest BCUT2D eigenvalue weighted by molar-refractivity contribution is 0.111. The quantitative estimate of drug-likeness (QED) is 0.273. The van der Waals surface area contributed by atoms with Crippen molar-refractivity contribution in [1.82, 2.24) is 0 Å². The highest BCUT2D eigenvalue weighted by Gasteiger charge is 2.50. The Bertz CT molecular complexity index is 899. The summed E-state index contributed by atoms with van der Waals surface area (Å²) >= 11 is 0. The van der Waals surface area contributed by atoms with Crippen LogP contribution >= 0.6 is 0 Å². The molecule has 4 aliphatic carbocycles. The van der Waals surface area contributed by atoms with Crippen molar-refractivity contribution in [1.29, 1.82) is 0 Å². The molecule has 36 heavy (non-hydrogen) atoms. The van der Waals surface area contributed by atoms with E-state index in [2.05, 4.69) is 78.6 Å². The molecule has 0 unspecified atom stereocenters. The van der Waals surface area contributed by atoms with Crippen molar-refractivity contribution in [3.63, 3.8) is 0 Å². The van der Waals surface area contributed by atoms with Gasteiger partial charge >= 0.3 is 0 Å². The van der Waals surface area contributed by atoms with E-state index in [-0.39, 0.29) is 11.1 Å². The van der Waals surface area contributed by atoms with Gasteiger partial charge in [0.15, 0.2) is 8.32 Å². The highest BCUT2D eigenvalue weighted by atomic mass is 28.4. The lowest BCUT2D eigenvalue weighted by atomic mass is 9.61. The summed E-state index contributed by atoms with van der Waals surface area (Å²) in [5.41, 5.74) is 4.80. The Hall–Kier alpha value is -0.903. The lowest BCUT2D eigenvalue weighted by Gasteiger charge is -2.44. The molecule has 0 aromatic carbocycles. The number of fused-ring (bicyclic) bond motifs is 1. The van der Waals surface area contributed by atoms with Crippen LogP contribution in [-0.4, -0.2) is 25.6 Å². The molecule has 0 aliphatic heterocycles. The van der Waals surface area contributed by atoms with E-state index in [0.717, 1.165) is 19.3 Å². The van der Waals surface area contributed by atoms with Gasteiger partial charge in [-0.15, -0.1) is 0 Å². The molecule has 0 amide bonds. The van der Waals surface area contributed by atoms with E-state index >= 15 is 0 Å². The zero-order valence-corrected chi connectivity index (χ0v) is 25.4. The smallest absolute Gasteiger partial charge is 0.192 e. The van der Waals surface area contributed by atoms with Crippen molar-refractivity contribution in [2.75, 3.05) is 0 Å². The second kappa shape index (κ2) is 10.7. The van der Waals surface area contributed by atoms with E-state index < -0.39 is 8.32 Å². The van der Waals surface area contributed by atoms with Crippen LogP contribution in [0.2, 0.25) is 18.1 Å². The zero-order valence-electron chi connectivity index (χ0n) is 24.4. The van der Waals surface area contributed by atoms with Crippen molar-refractivity contribution < 1.29 is 9.53 Å². The van der Waals surface area contributed by atoms with E-state index in [1.807, 2.05) is 0 Å². The van der Waals surface area contributed by atoms with Gasteiger partial charge in [0.1, 0.15) is 0 Å². The van der Waals surface area contributed by atoms with Crippen LogP contribution < -0.4 is 0 Å². The Kier molecular flexibility index (Phi) is 8.35. The minimum absolute atomic E-state index is 0.223. The molecule has 3 heteroatoms. The second-order valence-electron chi connectivity index (χ2n) is 14.4. The van der Waals surface area contributed by atoms with Gasteiger partial charge in [-0.25, -0.2) is 0 Å². The topological polar surface area (TPSA) is 29.5 Å². The molecule has 1 N–H and O–H groups in total. The largest absolute Gasteiger partial charge is 0.414 e. The Morgan fingerprint density at radius 1 is 1.06 bits per heavy atom. The van der Waals surface area contributed by atoms with E-state index in [1.54, 1.807) is 5.57 Å². The third-order valence-corrected chi connectivity index (χ3v) is 15.4. The van der Waals surface area contributed by atoms with Gasteiger partial charge in [0.2, 0.25) is 0 Å². The van der Waals surface area contributed by atoms with Gasteiger partial charge in [-0.3, -0.25) is 0 Å². The highest BCUT2D eigenvalue weighted by molar-refractivity contribution is 6.74. The molecule has 0 radical (unpaired) electrons. The van der Waals surface area contributed by atoms with Crippen LogP contribution in [0.3, 0.4) is 0 Å². The summed E-state index contributed by atoms with van der Waals surface area (Å²) in [6, 6.07) is 0. The monoisotopic (exact) mass is 510 g/mol. The molecular weight excluding hydrogens is 456 g/mol. The summed E-state index contributed by atoms with van der Waals surface area (Å²) < 4.78 is 6.81. The van der Waals surface area contributed by atoms with E-state index in [9.17, 15) is 5.11 Å². The molecular formula is C33H54O2Si. The molecule has 0 aromatic heterocycles. The normalized spacial score (nSPS) is 36.0. The minimum atomic E-state index is -1.76. The first-order valence-corrected chi connectivity index (χ1v) is 17.8. The summed E-state index contributed by atoms with van der Waals surface area (Å²) in [5.74, 6) is 2.48. The van der Waals surface area contributed by atoms with Crippen LogP contribution in [0.4, 0.5) is 0 Å². The van der Waals surface area contributed by atoms with Crippen molar-refractivity contribution in [3.8, 4) is 0 Å². The molecule has 0 saturated heterocycles. The maximum atomic E-state index is 10.3. The maximum absolute atomic E-state index is 10.3. The first-order chi connectivity index (χ1) is 16.8. The molecule has 0 spiro atoms. The minimum Gasteiger partial charge on any atom is -0.414 e. The van der Waals surface area contributed by atoms with Gasteiger partial charge in [0.05, 0.1) is 6.10 Å². The molecule has 6 atom stereocenters. The summed E-state index contributed by atoms with van der Waals surface area (Å²) in [4.78, 5) is 0. The second-order valence-corrected chi connectivity index (χ2v) is 19.2. The molecule has 4 fully saturated rings. The maximum Gasteiger partial charge on any atom is 0.192 e. The highest BCUT2D eigenvalue weighted by Crippen LogP contribution is 2.59. The molecule has 0 heterocycles. The average molecular weight is 511 g/mol. The Labute approximate surface area is 223 Å². The van der Waals surface area contributed by atoms with E-state index in [4.69, 9.17) is 4.43 Å². The number of aliphatic hydroxyl groups excluding tert-OH is 1. The molecule has 4 aliphatic rings. The van der Waals surface area contributed by atoms with Gasteiger partial charge in [-0.1, -0.05) is 76.6 Å². The third kappa shape index (κ3) is 6.05. The predicted octanol–water partition coefficient (Wildman–Crippen LogP) is 9.15. The van der Waals surface area contributed by atoms with Crippen LogP contribution in [0.15, 0.2) is 47.6 Å². The van der Waals surface area contributed by atoms with Gasteiger partial charge in [-0.2, -0.15) is 0 Å². The summed E-state index contributed by atoms with van der Waals surface area (Å²) in [7, 11) is -1.76. The number of hydrogen-bond acceptors (Lipinski definition) is 2. The predicted molar refractivity (Wildman–Crippen MR) is 156 cm³/mol. The Balaban J connectivity index is 1.45. The first-order valence-electron chi connectivity index (χ1n) is 14.9. The van der Waals surface area contributed by atoms with E-state index in [0.29, 0.717) is 35.2 Å². The molecule has 202 valence electrons. The van der Waals surface area contributed by atoms with E-state index in [1.165, 1.54) is 56.1 Å². The summed E-state index contributed by atoms with van der Waals surface area (Å²) in [5, 5.41) is 10.6. The van der Waals surface area contributed by atoms with Crippen molar-refractivity contribution >= 4 is 8.32 Å². The number of aliphatic hydroxyl groups is 1. The van der Waals surface area contributed by atoms with Gasteiger partial charge in [0, 0.05) is 6.10 Å². The van der Waals surface area contributed by atoms with Crippen LogP contribution in [0.1, 0.15) is 98.8 Å². The standard InChI is InChI=1S/C33H54O2Si/c1-23-11-17-28(35-36(7,8)32(3,4)5)22-27(23)16-13-25-10-9-21-33(6)29(18-19-30(25)33)24(2)12-20-31(34)26-14-15-26/h12-13,16,20,24,26,28-31,34H,1,9-11,14-15,17-19,21-22H2,2-8H3/b20-12+,25-13+,27-16+/t24-,28+,29-,30+,31+,33-/m1/s1. The molecule has 0 aromatic rings. The molecule has 4 rings (SSSR count). The fourth-order valence-corrected chi connectivity index (χ4v) is 8.62. The number of allylic oxidation sites excluding steroid dienone is 5. The SMILES string of the molecule is C=C1CC[C@H](O[Si](C)(C)C(C)(C)C)C/C1=C\C=C1/CCC[C@]2(C)[C@@H]([C@H](C)/C=C/[C@H](O)C3CC3)CC[C@@H]12. The molecule has 0 bridgehead atoms. The van der Waals surface area contributed by atoms with Gasteiger partial charge in [0.25, 0.3) is 0 Å². The van der Waals surface area contributed by atoms with Gasteiger partial charge in [-0.05, 0) is 117 Å². The molecule has 2 nitrogen and oxygen atoms in total. The van der Waals surface area contributed by atoms with Gasteiger partial charge < -0.3 is 9.53 Å². The van der Waals surface area contributed by atoms with Crippen molar-refractivity contribution in [2.45, 2.75) is 129 Å². The summed E-state index contributed by atoms with van der Waals surface area (Å²) in [6.45, 7) is 21.2. The Morgan fingerprint density at radius 2 is 1.78 bits per heavy atom. The van der Waals surface area contributed by atoms with Crippen LogP contribution in [0.25, 0.3) is 0 Å². The van der Waals surface area contributed by atoms with Crippen molar-refractivity contribution in [3.05, 3.63) is 47.6 Å². The van der Waals surface area contributed by atoms with Crippen molar-refractivity contribution in [2.24, 2.45) is 29.1 Å². The molecule has 4 saturated carbocycles. The fourth-order valence-electron chi connectivity index (χ4n) is 7.24. The van der Waals surface area contributed by atoms with Crippen LogP contribution in [0.5, 0.6) is 0 Å². The average Bonchev–Trinajstić information content (AvgIpc) is 3.58. The number of rotatable bonds is 7. The number of hydrogen-bond donors (Lipinski definition) is 1. The zero-order chi connectivity index (χ0) is 26.3. The third-order valence-electron chi connectivity index (χ3n) is 10.8.